The molecule has 25 heavy (non-hydrogen) atoms. The van der Waals surface area contributed by atoms with Gasteiger partial charge in [-0.15, -0.1) is 12.4 Å². The normalized spacial score (nSPS) is 18.3. The Labute approximate surface area is 159 Å². The number of thioether (sulfide) groups is 1. The molecule has 0 saturated carbocycles. The summed E-state index contributed by atoms with van der Waals surface area (Å²) in [5.41, 5.74) is 1.81. The lowest BCUT2D eigenvalue weighted by Gasteiger charge is -2.26. The number of carbonyl (C=O) groups is 2. The summed E-state index contributed by atoms with van der Waals surface area (Å²) in [7, 11) is 0. The molecule has 5 nitrogen and oxygen atoms in total. The van der Waals surface area contributed by atoms with E-state index in [9.17, 15) is 9.59 Å². The molecule has 0 radical (unpaired) electrons. The van der Waals surface area contributed by atoms with Gasteiger partial charge in [-0.2, -0.15) is 11.8 Å². The van der Waals surface area contributed by atoms with Gasteiger partial charge in [0.1, 0.15) is 0 Å². The number of hydrogen-bond acceptors (Lipinski definition) is 4. The first-order valence-electron chi connectivity index (χ1n) is 8.68. The Balaban J connectivity index is 0.00000225. The molecule has 138 valence electrons. The van der Waals surface area contributed by atoms with Gasteiger partial charge in [-0.1, -0.05) is 12.1 Å². The Morgan fingerprint density at radius 2 is 1.76 bits per heavy atom. The van der Waals surface area contributed by atoms with E-state index in [1.165, 1.54) is 0 Å². The minimum Gasteiger partial charge on any atom is -0.341 e. The van der Waals surface area contributed by atoms with E-state index >= 15 is 0 Å². The summed E-state index contributed by atoms with van der Waals surface area (Å²) in [5.74, 6) is 2.47. The molecule has 2 amide bonds. The summed E-state index contributed by atoms with van der Waals surface area (Å²) in [6.07, 6.45) is 2.23. The second-order valence-electron chi connectivity index (χ2n) is 6.38. The zero-order valence-corrected chi connectivity index (χ0v) is 16.0. The number of nitrogens with zero attached hydrogens (tertiary/aromatic N) is 1. The van der Waals surface area contributed by atoms with Crippen molar-refractivity contribution < 1.29 is 9.59 Å². The van der Waals surface area contributed by atoms with Crippen LogP contribution in [0.3, 0.4) is 0 Å². The number of piperidine rings is 1. The second-order valence-corrected chi connectivity index (χ2v) is 7.61. The number of amides is 2. The zero-order chi connectivity index (χ0) is 16.8. The molecule has 7 heteroatoms. The first-order chi connectivity index (χ1) is 11.7. The Kier molecular flexibility index (Phi) is 8.06. The molecule has 2 fully saturated rings. The van der Waals surface area contributed by atoms with Crippen molar-refractivity contribution in [2.75, 3.05) is 43.0 Å². The number of benzene rings is 1. The molecule has 0 aliphatic carbocycles. The average molecular weight is 384 g/mol. The monoisotopic (exact) mass is 383 g/mol. The molecule has 2 aliphatic rings. The number of nitrogens with one attached hydrogen (secondary N) is 2. The van der Waals surface area contributed by atoms with E-state index in [1.54, 1.807) is 0 Å². The lowest BCUT2D eigenvalue weighted by atomic mass is 9.97. The molecule has 2 N–H and O–H groups in total. The molecule has 2 saturated heterocycles. The molecule has 0 aromatic heterocycles. The number of hydrogen-bond donors (Lipinski definition) is 2. The van der Waals surface area contributed by atoms with Crippen molar-refractivity contribution in [3.63, 3.8) is 0 Å². The highest BCUT2D eigenvalue weighted by atomic mass is 35.5. The summed E-state index contributed by atoms with van der Waals surface area (Å²) >= 11 is 1.90. The van der Waals surface area contributed by atoms with Crippen molar-refractivity contribution in [1.29, 1.82) is 0 Å². The quantitative estimate of drug-likeness (QED) is 0.836. The minimum absolute atomic E-state index is 0. The van der Waals surface area contributed by atoms with Gasteiger partial charge >= 0.3 is 0 Å². The molecule has 3 rings (SSSR count). The van der Waals surface area contributed by atoms with E-state index in [1.807, 2.05) is 40.9 Å². The molecule has 2 heterocycles. The van der Waals surface area contributed by atoms with Crippen LogP contribution in [0, 0.1) is 5.92 Å². The van der Waals surface area contributed by atoms with Gasteiger partial charge in [0.05, 0.1) is 6.42 Å². The maximum atomic E-state index is 12.3. The summed E-state index contributed by atoms with van der Waals surface area (Å²) in [5, 5.41) is 6.26. The molecule has 1 aromatic rings. The van der Waals surface area contributed by atoms with Crippen molar-refractivity contribution in [3.8, 4) is 0 Å². The van der Waals surface area contributed by atoms with Crippen LogP contribution in [-0.2, 0) is 16.0 Å². The lowest BCUT2D eigenvalue weighted by molar-refractivity contribution is -0.130. The van der Waals surface area contributed by atoms with Gasteiger partial charge in [0.2, 0.25) is 11.8 Å². The molecule has 2 aliphatic heterocycles. The molecular weight excluding hydrogens is 358 g/mol. The van der Waals surface area contributed by atoms with E-state index < -0.39 is 0 Å². The summed E-state index contributed by atoms with van der Waals surface area (Å²) in [6, 6.07) is 7.67. The highest BCUT2D eigenvalue weighted by molar-refractivity contribution is 7.99. The van der Waals surface area contributed by atoms with Crippen LogP contribution in [0.15, 0.2) is 24.3 Å². The number of halogens is 1. The Bertz CT molecular complexity index is 519. The van der Waals surface area contributed by atoms with E-state index in [-0.39, 0.29) is 30.1 Å². The van der Waals surface area contributed by atoms with Gasteiger partial charge < -0.3 is 15.5 Å². The third-order valence-electron chi connectivity index (χ3n) is 4.65. The van der Waals surface area contributed by atoms with Crippen LogP contribution in [0.5, 0.6) is 0 Å². The van der Waals surface area contributed by atoms with Gasteiger partial charge in [-0.3, -0.25) is 9.59 Å². The first-order valence-corrected chi connectivity index (χ1v) is 9.84. The highest BCUT2D eigenvalue weighted by Crippen LogP contribution is 2.17. The fraction of sp³-hybridized carbons (Fsp3) is 0.556. The van der Waals surface area contributed by atoms with Crippen LogP contribution in [0.2, 0.25) is 0 Å². The van der Waals surface area contributed by atoms with Crippen LogP contribution >= 0.6 is 24.2 Å². The van der Waals surface area contributed by atoms with Gasteiger partial charge in [-0.25, -0.2) is 0 Å². The maximum absolute atomic E-state index is 12.3. The van der Waals surface area contributed by atoms with Gasteiger partial charge in [0.15, 0.2) is 0 Å². The molecule has 1 aromatic carbocycles. The maximum Gasteiger partial charge on any atom is 0.227 e. The van der Waals surface area contributed by atoms with Gasteiger partial charge in [0.25, 0.3) is 0 Å². The van der Waals surface area contributed by atoms with Crippen LogP contribution in [0.25, 0.3) is 0 Å². The van der Waals surface area contributed by atoms with E-state index in [0.29, 0.717) is 6.42 Å². The van der Waals surface area contributed by atoms with Crippen LogP contribution < -0.4 is 10.6 Å². The van der Waals surface area contributed by atoms with Crippen molar-refractivity contribution in [2.24, 2.45) is 5.92 Å². The van der Waals surface area contributed by atoms with Crippen molar-refractivity contribution in [1.82, 2.24) is 10.2 Å². The molecule has 0 bridgehead atoms. The molecule has 0 atom stereocenters. The van der Waals surface area contributed by atoms with E-state index in [2.05, 4.69) is 10.6 Å². The average Bonchev–Trinajstić information content (AvgIpc) is 2.65. The van der Waals surface area contributed by atoms with Crippen LogP contribution in [0.4, 0.5) is 5.69 Å². The fourth-order valence-corrected chi connectivity index (χ4v) is 4.04. The highest BCUT2D eigenvalue weighted by Gasteiger charge is 2.21. The number of anilines is 1. The lowest BCUT2D eigenvalue weighted by Crippen LogP contribution is -2.38. The summed E-state index contributed by atoms with van der Waals surface area (Å²) in [4.78, 5) is 26.5. The Morgan fingerprint density at radius 1 is 1.12 bits per heavy atom. The number of carbonyl (C=O) groups excluding carboxylic acids is 2. The predicted molar refractivity (Wildman–Crippen MR) is 106 cm³/mol. The SMILES string of the molecule is Cl.O=C(Nc1ccc(CC(=O)N2CCSCC2)cc1)C1CCNCC1. The van der Waals surface area contributed by atoms with Crippen molar-refractivity contribution >= 4 is 41.7 Å². The summed E-state index contributed by atoms with van der Waals surface area (Å²) in [6.45, 7) is 3.53. The molecular formula is C18H26ClN3O2S. The Morgan fingerprint density at radius 3 is 2.40 bits per heavy atom. The van der Waals surface area contributed by atoms with Crippen molar-refractivity contribution in [3.05, 3.63) is 29.8 Å². The number of rotatable bonds is 4. The first kappa shape index (κ1) is 20.1. The fourth-order valence-electron chi connectivity index (χ4n) is 3.13. The predicted octanol–water partition coefficient (Wildman–Crippen LogP) is 2.16. The molecule has 0 unspecified atom stereocenters. The third-order valence-corrected chi connectivity index (χ3v) is 5.59. The van der Waals surface area contributed by atoms with Gasteiger partial charge in [0, 0.05) is 36.2 Å². The third kappa shape index (κ3) is 5.90. The zero-order valence-electron chi connectivity index (χ0n) is 14.3. The topological polar surface area (TPSA) is 61.4 Å². The Hall–Kier alpha value is -1.24. The largest absolute Gasteiger partial charge is 0.341 e. The smallest absolute Gasteiger partial charge is 0.227 e. The standard InChI is InChI=1S/C18H25N3O2S.ClH/c22-17(21-9-11-24-12-10-21)13-14-1-3-16(4-2-14)20-18(23)15-5-7-19-8-6-15;/h1-4,15,19H,5-13H2,(H,20,23);1H. The van der Waals surface area contributed by atoms with E-state index in [0.717, 1.165) is 61.8 Å². The molecule has 0 spiro atoms. The van der Waals surface area contributed by atoms with E-state index in [4.69, 9.17) is 0 Å². The second kappa shape index (κ2) is 10.0. The van der Waals surface area contributed by atoms with Crippen LogP contribution in [0.1, 0.15) is 18.4 Å². The summed E-state index contributed by atoms with van der Waals surface area (Å²) < 4.78 is 0. The minimum atomic E-state index is 0. The van der Waals surface area contributed by atoms with Crippen LogP contribution in [-0.4, -0.2) is 54.4 Å². The van der Waals surface area contributed by atoms with Gasteiger partial charge in [-0.05, 0) is 43.6 Å². The van der Waals surface area contributed by atoms with Crippen molar-refractivity contribution in [2.45, 2.75) is 19.3 Å².